The Morgan fingerprint density at radius 1 is 1.50 bits per heavy atom. The van der Waals surface area contributed by atoms with Gasteiger partial charge in [-0.25, -0.2) is 20.8 Å². The van der Waals surface area contributed by atoms with Crippen molar-refractivity contribution in [1.29, 1.82) is 0 Å². The molecule has 2 heterocycles. The van der Waals surface area contributed by atoms with Gasteiger partial charge in [-0.15, -0.1) is 11.3 Å². The minimum Gasteiger partial charge on any atom is -0.300 e. The minimum atomic E-state index is 0.723. The first-order valence-electron chi connectivity index (χ1n) is 4.61. The molecule has 0 fully saturated rings. The van der Waals surface area contributed by atoms with Crippen molar-refractivity contribution in [3.05, 3.63) is 29.0 Å². The molecule has 0 aromatic carbocycles. The molecule has 0 bridgehead atoms. The first kappa shape index (κ1) is 11.3. The van der Waals surface area contributed by atoms with E-state index >= 15 is 0 Å². The average molecular weight is 253 g/mol. The lowest BCUT2D eigenvalue weighted by molar-refractivity contribution is 0.932. The van der Waals surface area contributed by atoms with Crippen LogP contribution in [0.5, 0.6) is 0 Å². The zero-order valence-electron chi connectivity index (χ0n) is 8.67. The van der Waals surface area contributed by atoms with Gasteiger partial charge in [0.15, 0.2) is 10.3 Å². The summed E-state index contributed by atoms with van der Waals surface area (Å²) in [5.74, 6) is 6.07. The molecule has 16 heavy (non-hydrogen) atoms. The lowest BCUT2D eigenvalue weighted by Gasteiger charge is -1.98. The Hall–Kier alpha value is -1.18. The van der Waals surface area contributed by atoms with Crippen molar-refractivity contribution in [2.24, 2.45) is 5.84 Å². The highest BCUT2D eigenvalue weighted by molar-refractivity contribution is 7.98. The van der Waals surface area contributed by atoms with E-state index in [4.69, 9.17) is 5.84 Å². The molecule has 5 nitrogen and oxygen atoms in total. The largest absolute Gasteiger partial charge is 0.300 e. The number of aromatic nitrogens is 3. The van der Waals surface area contributed by atoms with Crippen LogP contribution in [-0.4, -0.2) is 15.0 Å². The fourth-order valence-electron chi connectivity index (χ4n) is 1.07. The van der Waals surface area contributed by atoms with E-state index in [2.05, 4.69) is 20.4 Å². The van der Waals surface area contributed by atoms with Crippen LogP contribution >= 0.6 is 23.1 Å². The highest BCUT2D eigenvalue weighted by Crippen LogP contribution is 2.24. The van der Waals surface area contributed by atoms with Crippen molar-refractivity contribution in [2.75, 3.05) is 5.43 Å². The van der Waals surface area contributed by atoms with Gasteiger partial charge < -0.3 is 0 Å². The number of hydrogen-bond acceptors (Lipinski definition) is 7. The normalized spacial score (nSPS) is 10.4. The number of aryl methyl sites for hydroxylation is 1. The average Bonchev–Trinajstić information content (AvgIpc) is 2.74. The second-order valence-corrected chi connectivity index (χ2v) is 5.10. The second kappa shape index (κ2) is 5.24. The number of thiazole rings is 1. The number of nitrogens with one attached hydrogen (secondary N) is 1. The van der Waals surface area contributed by atoms with E-state index < -0.39 is 0 Å². The highest BCUT2D eigenvalue weighted by atomic mass is 32.2. The second-order valence-electron chi connectivity index (χ2n) is 3.05. The Kier molecular flexibility index (Phi) is 3.70. The number of nitrogens with two attached hydrogens (primary N) is 1. The molecule has 0 aliphatic heterocycles. The fourth-order valence-corrected chi connectivity index (χ4v) is 2.69. The van der Waals surface area contributed by atoms with Crippen molar-refractivity contribution in [3.8, 4) is 0 Å². The van der Waals surface area contributed by atoms with Crippen molar-refractivity contribution in [1.82, 2.24) is 15.0 Å². The molecule has 0 unspecified atom stereocenters. The molecule has 0 spiro atoms. The molecular formula is C9H11N5S2. The third-order valence-corrected chi connectivity index (χ3v) is 3.81. The maximum Gasteiger partial charge on any atom is 0.197 e. The van der Waals surface area contributed by atoms with Gasteiger partial charge in [0, 0.05) is 28.7 Å². The number of nitrogens with zero attached hydrogens (tertiary/aromatic N) is 3. The maximum atomic E-state index is 5.26. The summed E-state index contributed by atoms with van der Waals surface area (Å²) in [6.45, 7) is 1.95. The molecule has 0 saturated carbocycles. The van der Waals surface area contributed by atoms with Gasteiger partial charge in [-0.2, -0.15) is 0 Å². The monoisotopic (exact) mass is 253 g/mol. The molecule has 3 N–H and O–H groups in total. The van der Waals surface area contributed by atoms with Crippen LogP contribution in [0, 0.1) is 6.92 Å². The molecule has 0 atom stereocenters. The van der Waals surface area contributed by atoms with E-state index in [0.29, 0.717) is 0 Å². The molecule has 7 heteroatoms. The SMILES string of the molecule is Cc1ccnc(SCc2cnc(NN)s2)n1. The number of thioether (sulfide) groups is 1. The summed E-state index contributed by atoms with van der Waals surface area (Å²) in [6, 6.07) is 1.88. The van der Waals surface area contributed by atoms with Gasteiger partial charge in [-0.05, 0) is 13.0 Å². The zero-order chi connectivity index (χ0) is 11.4. The van der Waals surface area contributed by atoms with E-state index in [1.165, 1.54) is 11.3 Å². The minimum absolute atomic E-state index is 0.723. The summed E-state index contributed by atoms with van der Waals surface area (Å²) in [7, 11) is 0. The number of rotatable bonds is 4. The number of hydrogen-bond donors (Lipinski definition) is 2. The van der Waals surface area contributed by atoms with E-state index in [1.807, 2.05) is 19.2 Å². The molecule has 0 saturated heterocycles. The Morgan fingerprint density at radius 3 is 3.06 bits per heavy atom. The van der Waals surface area contributed by atoms with Gasteiger partial charge in [0.05, 0.1) is 0 Å². The van der Waals surface area contributed by atoms with Crippen LogP contribution < -0.4 is 11.3 Å². The molecule has 0 aliphatic rings. The Bertz CT molecular complexity index is 470. The number of nitrogen functional groups attached to an aromatic ring is 1. The van der Waals surface area contributed by atoms with Gasteiger partial charge in [-0.1, -0.05) is 11.8 Å². The van der Waals surface area contributed by atoms with Gasteiger partial charge in [-0.3, -0.25) is 5.43 Å². The summed E-state index contributed by atoms with van der Waals surface area (Å²) in [5, 5.41) is 1.51. The fraction of sp³-hybridized carbons (Fsp3) is 0.222. The molecule has 84 valence electrons. The van der Waals surface area contributed by atoms with Crippen LogP contribution in [0.4, 0.5) is 5.13 Å². The van der Waals surface area contributed by atoms with Gasteiger partial charge >= 0.3 is 0 Å². The molecule has 0 aliphatic carbocycles. The molecule has 0 radical (unpaired) electrons. The van der Waals surface area contributed by atoms with Crippen LogP contribution in [0.1, 0.15) is 10.6 Å². The van der Waals surface area contributed by atoms with Gasteiger partial charge in [0.2, 0.25) is 0 Å². The quantitative estimate of drug-likeness (QED) is 0.374. The predicted octanol–water partition coefficient (Wildman–Crippen LogP) is 1.82. The maximum absolute atomic E-state index is 5.26. The van der Waals surface area contributed by atoms with E-state index in [-0.39, 0.29) is 0 Å². The van der Waals surface area contributed by atoms with E-state index in [1.54, 1.807) is 18.0 Å². The van der Waals surface area contributed by atoms with Gasteiger partial charge in [0.25, 0.3) is 0 Å². The lowest BCUT2D eigenvalue weighted by atomic mass is 10.5. The Labute approximate surface area is 102 Å². The number of anilines is 1. The highest BCUT2D eigenvalue weighted by Gasteiger charge is 2.03. The summed E-state index contributed by atoms with van der Waals surface area (Å²) in [5.41, 5.74) is 3.50. The molecule has 2 aromatic heterocycles. The van der Waals surface area contributed by atoms with E-state index in [9.17, 15) is 0 Å². The van der Waals surface area contributed by atoms with Crippen LogP contribution in [0.25, 0.3) is 0 Å². The van der Waals surface area contributed by atoms with Crippen LogP contribution in [0.3, 0.4) is 0 Å². The van der Waals surface area contributed by atoms with Crippen LogP contribution in [-0.2, 0) is 5.75 Å². The van der Waals surface area contributed by atoms with Crippen molar-refractivity contribution < 1.29 is 0 Å². The first-order chi connectivity index (χ1) is 7.78. The molecule has 0 amide bonds. The van der Waals surface area contributed by atoms with Crippen molar-refractivity contribution in [2.45, 2.75) is 17.8 Å². The smallest absolute Gasteiger partial charge is 0.197 e. The standard InChI is InChI=1S/C9H11N5S2/c1-6-2-3-11-8(13-6)15-5-7-4-12-9(14-10)16-7/h2-4H,5,10H2,1H3,(H,12,14). The third-order valence-electron chi connectivity index (χ3n) is 1.79. The summed E-state index contributed by atoms with van der Waals surface area (Å²) in [4.78, 5) is 13.7. The predicted molar refractivity (Wildman–Crippen MR) is 66.3 cm³/mol. The summed E-state index contributed by atoms with van der Waals surface area (Å²) < 4.78 is 0. The topological polar surface area (TPSA) is 76.7 Å². The first-order valence-corrected chi connectivity index (χ1v) is 6.42. The Morgan fingerprint density at radius 2 is 2.38 bits per heavy atom. The molecule has 2 rings (SSSR count). The third kappa shape index (κ3) is 2.91. The summed E-state index contributed by atoms with van der Waals surface area (Å²) in [6.07, 6.45) is 3.58. The number of hydrazine groups is 1. The van der Waals surface area contributed by atoms with Crippen molar-refractivity contribution in [3.63, 3.8) is 0 Å². The zero-order valence-corrected chi connectivity index (χ0v) is 10.3. The van der Waals surface area contributed by atoms with Crippen molar-refractivity contribution >= 4 is 28.2 Å². The Balaban J connectivity index is 1.96. The van der Waals surface area contributed by atoms with Crippen LogP contribution in [0.2, 0.25) is 0 Å². The van der Waals surface area contributed by atoms with Crippen LogP contribution in [0.15, 0.2) is 23.6 Å². The van der Waals surface area contributed by atoms with Gasteiger partial charge in [0.1, 0.15) is 0 Å². The lowest BCUT2D eigenvalue weighted by Crippen LogP contribution is -2.05. The summed E-state index contributed by atoms with van der Waals surface area (Å²) >= 11 is 3.12. The van der Waals surface area contributed by atoms with E-state index in [0.717, 1.165) is 26.6 Å². The molecular weight excluding hydrogens is 242 g/mol. The molecule has 2 aromatic rings.